The first-order chi connectivity index (χ1) is 15.8. The van der Waals surface area contributed by atoms with E-state index in [4.69, 9.17) is 11.6 Å². The van der Waals surface area contributed by atoms with Crippen molar-refractivity contribution in [3.05, 3.63) is 52.6 Å². The van der Waals surface area contributed by atoms with Crippen molar-refractivity contribution in [2.24, 2.45) is 17.8 Å². The van der Waals surface area contributed by atoms with Crippen molar-refractivity contribution in [1.82, 2.24) is 0 Å². The molecule has 0 aliphatic heterocycles. The van der Waals surface area contributed by atoms with E-state index in [1.54, 1.807) is 6.92 Å². The molecular formula is C28H40ClF3O2. The quantitative estimate of drug-likeness (QED) is 0.192. The largest absolute Gasteiger partial charge is 0.506 e. The highest BCUT2D eigenvalue weighted by atomic mass is 35.5. The Morgan fingerprint density at radius 3 is 2.03 bits per heavy atom. The third kappa shape index (κ3) is 9.48. The zero-order valence-corrected chi connectivity index (χ0v) is 21.8. The van der Waals surface area contributed by atoms with Gasteiger partial charge in [-0.1, -0.05) is 70.2 Å². The number of rotatable bonds is 15. The first-order valence-corrected chi connectivity index (χ1v) is 12.6. The normalized spacial score (nSPS) is 14.5. The van der Waals surface area contributed by atoms with Crippen LogP contribution in [0.25, 0.3) is 0 Å². The Morgan fingerprint density at radius 1 is 1.03 bits per heavy atom. The zero-order chi connectivity index (χ0) is 26.1. The molecule has 0 aliphatic rings. The van der Waals surface area contributed by atoms with Crippen molar-refractivity contribution in [2.45, 2.75) is 91.7 Å². The lowest BCUT2D eigenvalue weighted by Crippen LogP contribution is -2.19. The Bertz CT molecular complexity index is 845. The number of phenolic OH excluding ortho intramolecular Hbond substituents is 1. The third-order valence-corrected chi connectivity index (χ3v) is 6.80. The molecule has 0 fully saturated rings. The van der Waals surface area contributed by atoms with Crippen molar-refractivity contribution in [2.75, 3.05) is 0 Å². The summed E-state index contributed by atoms with van der Waals surface area (Å²) in [5, 5.41) is 9.30. The molecule has 1 N–H and O–H groups in total. The standard InChI is InChI=1S/C28H40ClF3O2/c1-7-9-22(13-11-18(3)4)23(10-8-2)14-12-19(5)26(33)20(6)15-21-16-24(28(30,31)32)27(34)25(29)17-21/h16-17,20,22-23,34H,3,5,7-15H2,1-2,4,6H3/t20-,22?,23?/m1/s1. The second kappa shape index (κ2) is 14.0. The number of carbonyl (C=O) groups excluding carboxylic acids is 1. The summed E-state index contributed by atoms with van der Waals surface area (Å²) in [5.41, 5.74) is 0.778. The molecule has 1 aromatic rings. The highest BCUT2D eigenvalue weighted by Gasteiger charge is 2.35. The van der Waals surface area contributed by atoms with Crippen molar-refractivity contribution in [1.29, 1.82) is 0 Å². The van der Waals surface area contributed by atoms with Gasteiger partial charge in [-0.25, -0.2) is 0 Å². The summed E-state index contributed by atoms with van der Waals surface area (Å²) >= 11 is 5.81. The summed E-state index contributed by atoms with van der Waals surface area (Å²) in [5.74, 6) is -0.566. The van der Waals surface area contributed by atoms with Crippen LogP contribution in [-0.4, -0.2) is 10.9 Å². The molecule has 0 bridgehead atoms. The molecule has 2 unspecified atom stereocenters. The molecule has 1 rings (SSSR count). The van der Waals surface area contributed by atoms with Crippen LogP contribution in [0, 0.1) is 17.8 Å². The molecule has 0 spiro atoms. The number of Topliss-reactive ketones (excluding diaryl/α,β-unsaturated/α-hetero) is 1. The lowest BCUT2D eigenvalue weighted by Gasteiger charge is -2.27. The minimum Gasteiger partial charge on any atom is -0.506 e. The molecule has 0 saturated heterocycles. The van der Waals surface area contributed by atoms with Crippen LogP contribution in [0.1, 0.15) is 90.2 Å². The summed E-state index contributed by atoms with van der Waals surface area (Å²) in [4.78, 5) is 12.9. The monoisotopic (exact) mass is 500 g/mol. The average molecular weight is 501 g/mol. The fourth-order valence-electron chi connectivity index (χ4n) is 4.67. The van der Waals surface area contributed by atoms with Crippen molar-refractivity contribution < 1.29 is 23.1 Å². The number of aromatic hydroxyl groups is 1. The molecule has 0 aromatic heterocycles. The predicted molar refractivity (Wildman–Crippen MR) is 135 cm³/mol. The molecule has 3 atom stereocenters. The van der Waals surface area contributed by atoms with Gasteiger partial charge >= 0.3 is 6.18 Å². The Hall–Kier alpha value is -1.75. The Balaban J connectivity index is 2.85. The summed E-state index contributed by atoms with van der Waals surface area (Å²) in [7, 11) is 0. The van der Waals surface area contributed by atoms with Gasteiger partial charge in [0.25, 0.3) is 0 Å². The van der Waals surface area contributed by atoms with Crippen molar-refractivity contribution in [3.8, 4) is 5.75 Å². The number of allylic oxidation sites excluding steroid dienone is 2. The lowest BCUT2D eigenvalue weighted by atomic mass is 9.78. The summed E-state index contributed by atoms with van der Waals surface area (Å²) in [6.45, 7) is 16.2. The van der Waals surface area contributed by atoms with Gasteiger partial charge in [0, 0.05) is 5.92 Å². The lowest BCUT2D eigenvalue weighted by molar-refractivity contribution is -0.138. The van der Waals surface area contributed by atoms with E-state index in [0.29, 0.717) is 23.8 Å². The van der Waals surface area contributed by atoms with Gasteiger partial charge in [-0.3, -0.25) is 4.79 Å². The topological polar surface area (TPSA) is 37.3 Å². The molecule has 0 saturated carbocycles. The molecule has 6 heteroatoms. The van der Waals surface area contributed by atoms with Crippen LogP contribution in [0.15, 0.2) is 36.4 Å². The average Bonchev–Trinajstić information content (AvgIpc) is 2.74. The minimum absolute atomic E-state index is 0.0936. The Morgan fingerprint density at radius 2 is 1.56 bits per heavy atom. The molecule has 1 aromatic carbocycles. The van der Waals surface area contributed by atoms with Crippen LogP contribution >= 0.6 is 11.6 Å². The fraction of sp³-hybridized carbons (Fsp3) is 0.607. The second-order valence-electron chi connectivity index (χ2n) is 9.68. The van der Waals surface area contributed by atoms with Crippen LogP contribution in [0.4, 0.5) is 13.2 Å². The number of ketones is 1. The van der Waals surface area contributed by atoms with E-state index in [1.165, 1.54) is 11.6 Å². The number of carbonyl (C=O) groups is 1. The number of alkyl halides is 3. The fourth-order valence-corrected chi connectivity index (χ4v) is 4.91. The summed E-state index contributed by atoms with van der Waals surface area (Å²) < 4.78 is 39.6. The molecule has 192 valence electrons. The summed E-state index contributed by atoms with van der Waals surface area (Å²) in [6, 6.07) is 2.15. The van der Waals surface area contributed by atoms with Gasteiger partial charge in [-0.15, -0.1) is 6.58 Å². The van der Waals surface area contributed by atoms with Crippen LogP contribution < -0.4 is 0 Å². The number of hydrogen-bond donors (Lipinski definition) is 1. The van der Waals surface area contributed by atoms with Crippen molar-refractivity contribution in [3.63, 3.8) is 0 Å². The number of benzene rings is 1. The predicted octanol–water partition coefficient (Wildman–Crippen LogP) is 9.34. The van der Waals surface area contributed by atoms with E-state index in [-0.39, 0.29) is 22.8 Å². The van der Waals surface area contributed by atoms with E-state index in [0.717, 1.165) is 51.0 Å². The Labute approximate surface area is 208 Å². The van der Waals surface area contributed by atoms with Crippen LogP contribution in [-0.2, 0) is 17.4 Å². The Kier molecular flexibility index (Phi) is 12.4. The van der Waals surface area contributed by atoms with Gasteiger partial charge in [0.2, 0.25) is 0 Å². The zero-order valence-electron chi connectivity index (χ0n) is 21.0. The van der Waals surface area contributed by atoms with E-state index in [9.17, 15) is 23.1 Å². The minimum atomic E-state index is -4.73. The van der Waals surface area contributed by atoms with Gasteiger partial charge in [0.15, 0.2) is 5.78 Å². The van der Waals surface area contributed by atoms with E-state index >= 15 is 0 Å². The van der Waals surface area contributed by atoms with E-state index < -0.39 is 23.4 Å². The van der Waals surface area contributed by atoms with Gasteiger partial charge < -0.3 is 5.11 Å². The maximum absolute atomic E-state index is 13.2. The van der Waals surface area contributed by atoms with E-state index in [1.807, 2.05) is 0 Å². The second-order valence-corrected chi connectivity index (χ2v) is 10.1. The van der Waals surface area contributed by atoms with E-state index in [2.05, 4.69) is 33.9 Å². The van der Waals surface area contributed by atoms with Gasteiger partial charge in [-0.05, 0) is 74.1 Å². The van der Waals surface area contributed by atoms with Gasteiger partial charge in [-0.2, -0.15) is 13.2 Å². The molecule has 0 heterocycles. The maximum atomic E-state index is 13.2. The molecule has 0 radical (unpaired) electrons. The number of halogens is 4. The van der Waals surface area contributed by atoms with Crippen LogP contribution in [0.3, 0.4) is 0 Å². The number of hydrogen-bond acceptors (Lipinski definition) is 2. The third-order valence-electron chi connectivity index (χ3n) is 6.51. The first-order valence-electron chi connectivity index (χ1n) is 12.3. The van der Waals surface area contributed by atoms with Crippen LogP contribution in [0.2, 0.25) is 5.02 Å². The van der Waals surface area contributed by atoms with Gasteiger partial charge in [0.05, 0.1) is 10.6 Å². The molecule has 0 amide bonds. The smallest absolute Gasteiger partial charge is 0.420 e. The van der Waals surface area contributed by atoms with Crippen LogP contribution in [0.5, 0.6) is 5.75 Å². The van der Waals surface area contributed by atoms with Crippen molar-refractivity contribution >= 4 is 17.4 Å². The summed E-state index contributed by atoms with van der Waals surface area (Å²) in [6.07, 6.45) is 3.41. The maximum Gasteiger partial charge on any atom is 0.420 e. The molecular weight excluding hydrogens is 461 g/mol. The molecule has 0 aliphatic carbocycles. The molecule has 34 heavy (non-hydrogen) atoms. The first kappa shape index (κ1) is 30.3. The SMILES string of the molecule is C=C(C)CCC(CCC)C(CCC)CCC(=C)C(=O)[C@H](C)Cc1cc(Cl)c(O)c(C(F)(F)F)c1. The molecule has 2 nitrogen and oxygen atoms in total. The highest BCUT2D eigenvalue weighted by Crippen LogP contribution is 2.41. The highest BCUT2D eigenvalue weighted by molar-refractivity contribution is 6.32. The van der Waals surface area contributed by atoms with Gasteiger partial charge in [0.1, 0.15) is 5.75 Å². The number of phenols is 1.